The number of azo groups is 1. The summed E-state index contributed by atoms with van der Waals surface area (Å²) in [5.74, 6) is -0.763. The van der Waals surface area contributed by atoms with Crippen LogP contribution in [0, 0.1) is 0 Å². The molecule has 12 heavy (non-hydrogen) atoms. The van der Waals surface area contributed by atoms with Crippen LogP contribution < -0.4 is 5.73 Å². The quantitative estimate of drug-likeness (QED) is 0.575. The van der Waals surface area contributed by atoms with Crippen LogP contribution in [0.3, 0.4) is 0 Å². The Labute approximate surface area is 68.0 Å². The summed E-state index contributed by atoms with van der Waals surface area (Å²) < 4.78 is 46.1. The highest BCUT2D eigenvalue weighted by Crippen LogP contribution is 2.31. The van der Waals surface area contributed by atoms with Crippen molar-refractivity contribution in [3.8, 4) is 0 Å². The summed E-state index contributed by atoms with van der Waals surface area (Å²) in [6, 6.07) is 0. The van der Waals surface area contributed by atoms with E-state index in [0.29, 0.717) is 0 Å². The number of nitrogens with two attached hydrogens (primary N) is 1. The van der Waals surface area contributed by atoms with E-state index in [2.05, 4.69) is 10.2 Å². The molecule has 8 heteroatoms. The van der Waals surface area contributed by atoms with Gasteiger partial charge in [0.2, 0.25) is 0 Å². The molecule has 1 aliphatic rings. The van der Waals surface area contributed by atoms with Crippen LogP contribution in [0.15, 0.2) is 21.6 Å². The number of halogens is 3. The molecular weight excluding hydrogens is 195 g/mol. The monoisotopic (exact) mass is 197 g/mol. The van der Waals surface area contributed by atoms with Crippen molar-refractivity contribution in [2.45, 2.75) is 6.18 Å². The second-order valence-electron chi connectivity index (χ2n) is 1.85. The Morgan fingerprint density at radius 1 is 1.33 bits per heavy atom. The van der Waals surface area contributed by atoms with Crippen LogP contribution >= 0.6 is 0 Å². The molecule has 0 saturated heterocycles. The Kier molecular flexibility index (Phi) is 2.01. The lowest BCUT2D eigenvalue weighted by Crippen LogP contribution is -2.20. The molecule has 0 saturated carbocycles. The van der Waals surface area contributed by atoms with Crippen LogP contribution in [0.4, 0.5) is 13.2 Å². The lowest BCUT2D eigenvalue weighted by molar-refractivity contribution is -0.0864. The zero-order chi connectivity index (χ0) is 9.35. The predicted octanol–water partition coefficient (Wildman–Crippen LogP) is 0.528. The van der Waals surface area contributed by atoms with E-state index in [4.69, 9.17) is 5.73 Å². The highest BCUT2D eigenvalue weighted by Gasteiger charge is 2.42. The van der Waals surface area contributed by atoms with Crippen molar-refractivity contribution in [1.29, 1.82) is 0 Å². The Morgan fingerprint density at radius 2 is 1.92 bits per heavy atom. The summed E-state index contributed by atoms with van der Waals surface area (Å²) in [6.45, 7) is 0. The van der Waals surface area contributed by atoms with Gasteiger partial charge < -0.3 is 5.73 Å². The minimum atomic E-state index is -4.67. The topological polar surface area (TPSA) is 67.8 Å². The van der Waals surface area contributed by atoms with Crippen molar-refractivity contribution < 1.29 is 17.4 Å². The first-order valence-electron chi connectivity index (χ1n) is 2.62. The van der Waals surface area contributed by atoms with Gasteiger partial charge in [0.05, 0.1) is 0 Å². The predicted molar refractivity (Wildman–Crippen MR) is 35.3 cm³/mol. The van der Waals surface area contributed by atoms with E-state index in [1.807, 2.05) is 0 Å². The molecule has 1 aliphatic heterocycles. The molecule has 2 N–H and O–H groups in total. The third kappa shape index (κ3) is 1.37. The molecule has 0 radical (unpaired) electrons. The Balaban J connectivity index is 3.22. The minimum absolute atomic E-state index is 0.380. The van der Waals surface area contributed by atoms with E-state index < -0.39 is 22.6 Å². The van der Waals surface area contributed by atoms with E-state index in [1.54, 1.807) is 0 Å². The largest absolute Gasteiger partial charge is 0.423 e. The molecule has 1 heterocycles. The summed E-state index contributed by atoms with van der Waals surface area (Å²) in [4.78, 5) is -0.736. The summed E-state index contributed by atoms with van der Waals surface area (Å²) in [7, 11) is 0. The maximum Gasteiger partial charge on any atom is 0.423 e. The van der Waals surface area contributed by atoms with Crippen molar-refractivity contribution in [3.05, 3.63) is 11.4 Å². The van der Waals surface area contributed by atoms with Gasteiger partial charge in [-0.25, -0.2) is 4.21 Å². The normalized spacial score (nSPS) is 17.4. The minimum Gasteiger partial charge on any atom is -0.382 e. The lowest BCUT2D eigenvalue weighted by Gasteiger charge is -2.04. The number of nitrogens with zero attached hydrogens (tertiary/aromatic N) is 2. The van der Waals surface area contributed by atoms with Crippen molar-refractivity contribution >= 4 is 16.2 Å². The van der Waals surface area contributed by atoms with Gasteiger partial charge in [0.25, 0.3) is 0 Å². The maximum atomic E-state index is 12.0. The first-order chi connectivity index (χ1) is 5.46. The molecule has 0 spiro atoms. The van der Waals surface area contributed by atoms with E-state index in [1.165, 1.54) is 0 Å². The van der Waals surface area contributed by atoms with E-state index >= 15 is 0 Å². The molecular formula is C4H2F3N3OS. The average Bonchev–Trinajstić information content (AvgIpc) is 2.29. The zero-order valence-electron chi connectivity index (χ0n) is 5.42. The first kappa shape index (κ1) is 8.91. The molecule has 0 bridgehead atoms. The standard InChI is InChI=1S/C4H2F3N3OS/c5-4(6,7)1-2(8)9-10-3(1)12-11/h8H2. The molecule has 0 aromatic rings. The van der Waals surface area contributed by atoms with Gasteiger partial charge in [-0.05, 0) is 0 Å². The third-order valence-electron chi connectivity index (χ3n) is 1.08. The van der Waals surface area contributed by atoms with Gasteiger partial charge in [-0.2, -0.15) is 13.2 Å². The molecule has 0 amide bonds. The second-order valence-corrected chi connectivity index (χ2v) is 2.40. The first-order valence-corrected chi connectivity index (χ1v) is 3.37. The van der Waals surface area contributed by atoms with Crippen molar-refractivity contribution in [2.24, 2.45) is 16.0 Å². The number of rotatable bonds is 0. The highest BCUT2D eigenvalue weighted by atomic mass is 32.1. The van der Waals surface area contributed by atoms with Crippen LogP contribution in [0.2, 0.25) is 0 Å². The van der Waals surface area contributed by atoms with E-state index in [-0.39, 0.29) is 11.3 Å². The van der Waals surface area contributed by atoms with Crippen LogP contribution in [0.25, 0.3) is 0 Å². The fourth-order valence-electron chi connectivity index (χ4n) is 0.634. The van der Waals surface area contributed by atoms with Gasteiger partial charge >= 0.3 is 6.18 Å². The van der Waals surface area contributed by atoms with Crippen molar-refractivity contribution in [3.63, 3.8) is 0 Å². The molecule has 0 atom stereocenters. The van der Waals surface area contributed by atoms with Gasteiger partial charge in [-0.15, -0.1) is 10.2 Å². The van der Waals surface area contributed by atoms with Crippen molar-refractivity contribution in [2.75, 3.05) is 0 Å². The van der Waals surface area contributed by atoms with Crippen LogP contribution in [-0.2, 0) is 11.3 Å². The smallest absolute Gasteiger partial charge is 0.382 e. The molecule has 0 aromatic carbocycles. The van der Waals surface area contributed by atoms with Crippen LogP contribution in [0.5, 0.6) is 0 Å². The number of hydrogen-bond acceptors (Lipinski definition) is 3. The highest BCUT2D eigenvalue weighted by molar-refractivity contribution is 7.67. The third-order valence-corrected chi connectivity index (χ3v) is 1.52. The van der Waals surface area contributed by atoms with Gasteiger partial charge in [-0.3, -0.25) is 0 Å². The summed E-state index contributed by atoms with van der Waals surface area (Å²) in [6.07, 6.45) is -4.67. The SMILES string of the molecule is NC1=C(C(F)(F)F)C(=S=O)N=N1. The van der Waals surface area contributed by atoms with Gasteiger partial charge in [-0.1, -0.05) is 0 Å². The molecule has 1 rings (SSSR count). The fourth-order valence-corrected chi connectivity index (χ4v) is 1.01. The summed E-state index contributed by atoms with van der Waals surface area (Å²) in [5.41, 5.74) is 3.61. The van der Waals surface area contributed by atoms with Gasteiger partial charge in [0, 0.05) is 0 Å². The Hall–Kier alpha value is -1.18. The lowest BCUT2D eigenvalue weighted by atomic mass is 10.3. The molecule has 0 fully saturated rings. The van der Waals surface area contributed by atoms with Crippen LogP contribution in [0.1, 0.15) is 0 Å². The molecule has 0 aromatic heterocycles. The zero-order valence-corrected chi connectivity index (χ0v) is 6.24. The van der Waals surface area contributed by atoms with Crippen LogP contribution in [-0.4, -0.2) is 15.4 Å². The summed E-state index contributed by atoms with van der Waals surface area (Å²) in [5, 5.41) is 5.90. The van der Waals surface area contributed by atoms with Crippen molar-refractivity contribution in [1.82, 2.24) is 0 Å². The molecule has 4 nitrogen and oxygen atoms in total. The fraction of sp³-hybridized carbons (Fsp3) is 0.250. The maximum absolute atomic E-state index is 12.0. The van der Waals surface area contributed by atoms with E-state index in [0.717, 1.165) is 0 Å². The second kappa shape index (κ2) is 2.70. The average molecular weight is 197 g/mol. The van der Waals surface area contributed by atoms with Gasteiger partial charge in [0.15, 0.2) is 10.8 Å². The molecule has 0 unspecified atom stereocenters. The molecule has 66 valence electrons. The van der Waals surface area contributed by atoms with E-state index in [9.17, 15) is 17.4 Å². The Bertz CT molecular complexity index is 325. The summed E-state index contributed by atoms with van der Waals surface area (Å²) >= 11 is -0.380. The molecule has 0 aliphatic carbocycles. The Morgan fingerprint density at radius 3 is 2.25 bits per heavy atom. The van der Waals surface area contributed by atoms with Gasteiger partial charge in [0.1, 0.15) is 16.8 Å². The number of hydrogen-bond donors (Lipinski definition) is 1. The number of alkyl halides is 3.